The second-order valence-corrected chi connectivity index (χ2v) is 6.61. The summed E-state index contributed by atoms with van der Waals surface area (Å²) >= 11 is 0. The molecule has 6 nitrogen and oxygen atoms in total. The van der Waals surface area contributed by atoms with E-state index in [0.29, 0.717) is 38.1 Å². The van der Waals surface area contributed by atoms with Gasteiger partial charge in [0.15, 0.2) is 0 Å². The Morgan fingerprint density at radius 3 is 2.73 bits per heavy atom. The third-order valence-electron chi connectivity index (χ3n) is 4.95. The molecule has 0 bridgehead atoms. The molecule has 1 aliphatic heterocycles. The third-order valence-corrected chi connectivity index (χ3v) is 4.95. The van der Waals surface area contributed by atoms with E-state index in [1.165, 1.54) is 0 Å². The lowest BCUT2D eigenvalue weighted by Gasteiger charge is -2.36. The number of benzene rings is 1. The van der Waals surface area contributed by atoms with Gasteiger partial charge in [-0.2, -0.15) is 0 Å². The maximum Gasteiger partial charge on any atom is 0.246 e. The van der Waals surface area contributed by atoms with Crippen molar-refractivity contribution in [3.8, 4) is 11.3 Å². The minimum absolute atomic E-state index is 0.00319. The van der Waals surface area contributed by atoms with Crippen molar-refractivity contribution >= 4 is 11.8 Å². The minimum Gasteiger partial charge on any atom is -0.361 e. The van der Waals surface area contributed by atoms with Crippen LogP contribution in [0.2, 0.25) is 0 Å². The first-order chi connectivity index (χ1) is 12.6. The minimum atomic E-state index is -0.892. The van der Waals surface area contributed by atoms with Crippen molar-refractivity contribution in [2.45, 2.75) is 45.1 Å². The normalized spacial score (nSPS) is 19.5. The van der Waals surface area contributed by atoms with Gasteiger partial charge in [0.1, 0.15) is 17.0 Å². The largest absolute Gasteiger partial charge is 0.361 e. The van der Waals surface area contributed by atoms with Crippen molar-refractivity contribution in [2.24, 2.45) is 0 Å². The fourth-order valence-corrected chi connectivity index (χ4v) is 3.69. The molecule has 2 heterocycles. The van der Waals surface area contributed by atoms with Crippen LogP contribution in [0.25, 0.3) is 11.3 Å². The van der Waals surface area contributed by atoms with Crippen LogP contribution in [0.4, 0.5) is 0 Å². The summed E-state index contributed by atoms with van der Waals surface area (Å²) in [6.45, 7) is 4.84. The number of hydrogen-bond donors (Lipinski definition) is 1. The molecule has 0 aliphatic carbocycles. The summed E-state index contributed by atoms with van der Waals surface area (Å²) in [5.41, 5.74) is 0.803. The average molecular weight is 355 g/mol. The lowest BCUT2D eigenvalue weighted by atomic mass is 9.89. The Morgan fingerprint density at radius 2 is 2.04 bits per heavy atom. The number of likely N-dealkylation sites (tertiary alicyclic amines) is 1. The molecular weight excluding hydrogens is 330 g/mol. The van der Waals surface area contributed by atoms with Crippen LogP contribution >= 0.6 is 0 Å². The summed E-state index contributed by atoms with van der Waals surface area (Å²) in [4.78, 5) is 27.1. The van der Waals surface area contributed by atoms with Gasteiger partial charge in [-0.3, -0.25) is 9.59 Å². The molecule has 1 fully saturated rings. The van der Waals surface area contributed by atoms with Crippen LogP contribution in [-0.2, 0) is 16.0 Å². The molecule has 1 aliphatic rings. The highest BCUT2D eigenvalue weighted by Crippen LogP contribution is 2.34. The van der Waals surface area contributed by atoms with Gasteiger partial charge in [-0.15, -0.1) is 0 Å². The zero-order valence-electron chi connectivity index (χ0n) is 15.3. The van der Waals surface area contributed by atoms with Gasteiger partial charge < -0.3 is 14.7 Å². The highest BCUT2D eigenvalue weighted by molar-refractivity contribution is 5.92. The van der Waals surface area contributed by atoms with E-state index in [2.05, 4.69) is 10.5 Å². The topological polar surface area (TPSA) is 75.4 Å². The number of rotatable bonds is 6. The lowest BCUT2D eigenvalue weighted by Crippen LogP contribution is -2.58. The van der Waals surface area contributed by atoms with E-state index in [1.807, 2.05) is 50.2 Å². The Hall–Kier alpha value is -2.63. The zero-order valence-corrected chi connectivity index (χ0v) is 15.3. The van der Waals surface area contributed by atoms with Crippen molar-refractivity contribution in [1.82, 2.24) is 15.4 Å². The molecule has 1 N–H and O–H groups in total. The molecule has 2 aromatic rings. The van der Waals surface area contributed by atoms with E-state index in [4.69, 9.17) is 4.52 Å². The van der Waals surface area contributed by atoms with Gasteiger partial charge in [0.05, 0.1) is 0 Å². The van der Waals surface area contributed by atoms with Crippen LogP contribution in [0, 0.1) is 0 Å². The van der Waals surface area contributed by atoms with Crippen molar-refractivity contribution in [3.05, 3.63) is 42.2 Å². The Morgan fingerprint density at radius 1 is 1.27 bits per heavy atom. The molecule has 0 radical (unpaired) electrons. The lowest BCUT2D eigenvalue weighted by molar-refractivity contribution is -0.145. The summed E-state index contributed by atoms with van der Waals surface area (Å²) < 4.78 is 5.53. The average Bonchev–Trinajstić information content (AvgIpc) is 3.30. The molecule has 0 saturated carbocycles. The maximum atomic E-state index is 12.9. The quantitative estimate of drug-likeness (QED) is 0.864. The van der Waals surface area contributed by atoms with Gasteiger partial charge in [0.25, 0.3) is 0 Å². The molecule has 2 amide bonds. The van der Waals surface area contributed by atoms with E-state index < -0.39 is 5.54 Å². The molecule has 6 heteroatoms. The highest BCUT2D eigenvalue weighted by atomic mass is 16.5. The van der Waals surface area contributed by atoms with E-state index in [9.17, 15) is 9.59 Å². The molecule has 138 valence electrons. The zero-order chi connectivity index (χ0) is 18.6. The van der Waals surface area contributed by atoms with Crippen molar-refractivity contribution in [3.63, 3.8) is 0 Å². The Bertz CT molecular complexity index is 772. The number of aromatic nitrogens is 1. The van der Waals surface area contributed by atoms with E-state index >= 15 is 0 Å². The molecular formula is C20H25N3O3. The van der Waals surface area contributed by atoms with Crippen LogP contribution in [0.3, 0.4) is 0 Å². The summed E-state index contributed by atoms with van der Waals surface area (Å²) in [6, 6.07) is 11.6. The molecule has 3 rings (SSSR count). The van der Waals surface area contributed by atoms with Gasteiger partial charge in [-0.25, -0.2) is 0 Å². The van der Waals surface area contributed by atoms with E-state index in [0.717, 1.165) is 17.7 Å². The van der Waals surface area contributed by atoms with Crippen LogP contribution in [-0.4, -0.2) is 40.5 Å². The van der Waals surface area contributed by atoms with E-state index in [-0.39, 0.29) is 11.8 Å². The molecule has 1 aromatic heterocycles. The first-order valence-electron chi connectivity index (χ1n) is 9.20. The van der Waals surface area contributed by atoms with Crippen LogP contribution in [0.5, 0.6) is 0 Å². The smallest absolute Gasteiger partial charge is 0.246 e. The Labute approximate surface area is 153 Å². The summed E-state index contributed by atoms with van der Waals surface area (Å²) in [5, 5.41) is 7.05. The molecule has 0 unspecified atom stereocenters. The molecule has 0 spiro atoms. The summed E-state index contributed by atoms with van der Waals surface area (Å²) in [5.74, 6) is 0.499. The number of carbonyl (C=O) groups is 2. The van der Waals surface area contributed by atoms with Gasteiger partial charge >= 0.3 is 0 Å². The fourth-order valence-electron chi connectivity index (χ4n) is 3.69. The molecule has 26 heavy (non-hydrogen) atoms. The summed E-state index contributed by atoms with van der Waals surface area (Å²) in [7, 11) is 0. The van der Waals surface area contributed by atoms with Crippen molar-refractivity contribution < 1.29 is 14.1 Å². The number of likely N-dealkylation sites (N-methyl/N-ethyl adjacent to an activating group) is 1. The van der Waals surface area contributed by atoms with Crippen LogP contribution < -0.4 is 5.32 Å². The van der Waals surface area contributed by atoms with Crippen molar-refractivity contribution in [2.75, 3.05) is 13.1 Å². The predicted molar refractivity (Wildman–Crippen MR) is 98.3 cm³/mol. The number of amides is 2. The number of nitrogens with zero attached hydrogens (tertiary/aromatic N) is 2. The van der Waals surface area contributed by atoms with Gasteiger partial charge in [-0.05, 0) is 19.8 Å². The van der Waals surface area contributed by atoms with E-state index in [1.54, 1.807) is 4.90 Å². The van der Waals surface area contributed by atoms with Gasteiger partial charge in [0, 0.05) is 37.6 Å². The van der Waals surface area contributed by atoms with Gasteiger partial charge in [-0.1, -0.05) is 42.4 Å². The monoisotopic (exact) mass is 355 g/mol. The SMILES string of the molecule is CCNC(=O)[C@@]1(Cc2cc(-c3ccccc3)no2)CCCN1C(=O)CC. The highest BCUT2D eigenvalue weighted by Gasteiger charge is 2.49. The van der Waals surface area contributed by atoms with Crippen LogP contribution in [0.15, 0.2) is 40.9 Å². The first kappa shape index (κ1) is 18.2. The third kappa shape index (κ3) is 3.36. The first-order valence-corrected chi connectivity index (χ1v) is 9.20. The Kier molecular flexibility index (Phi) is 5.40. The second kappa shape index (κ2) is 7.72. The standard InChI is InChI=1S/C20H25N3O3/c1-3-18(24)23-12-8-11-20(23,19(25)21-4-2)14-16-13-17(22-26-16)15-9-6-5-7-10-15/h5-7,9-10,13H,3-4,8,11-12,14H2,1-2H3,(H,21,25)/t20-/m0/s1. The Balaban J connectivity index is 1.90. The summed E-state index contributed by atoms with van der Waals surface area (Å²) in [6.07, 6.45) is 2.16. The number of carbonyl (C=O) groups excluding carboxylic acids is 2. The second-order valence-electron chi connectivity index (χ2n) is 6.61. The van der Waals surface area contributed by atoms with Crippen molar-refractivity contribution in [1.29, 1.82) is 0 Å². The van der Waals surface area contributed by atoms with Gasteiger partial charge in [0.2, 0.25) is 11.8 Å². The predicted octanol–water partition coefficient (Wildman–Crippen LogP) is 2.79. The molecule has 1 atom stereocenters. The molecule has 1 saturated heterocycles. The molecule has 1 aromatic carbocycles. The number of nitrogens with one attached hydrogen (secondary N) is 1. The maximum absolute atomic E-state index is 12.9. The fraction of sp³-hybridized carbons (Fsp3) is 0.450. The number of hydrogen-bond acceptors (Lipinski definition) is 4. The van der Waals surface area contributed by atoms with Crippen LogP contribution in [0.1, 0.15) is 38.9 Å².